The molecule has 0 saturated heterocycles. The van der Waals surface area contributed by atoms with Crippen LogP contribution in [0.5, 0.6) is 5.75 Å². The first-order valence-electron chi connectivity index (χ1n) is 5.55. The second-order valence-electron chi connectivity index (χ2n) is 4.01. The van der Waals surface area contributed by atoms with Gasteiger partial charge in [0.25, 0.3) is 0 Å². The lowest BCUT2D eigenvalue weighted by Gasteiger charge is -2.12. The average molecular weight is 224 g/mol. The Bertz CT molecular complexity index is 350. The maximum Gasteiger partial charge on any atom is 0.165 e. The van der Waals surface area contributed by atoms with E-state index in [1.54, 1.807) is 6.07 Å². The average Bonchev–Trinajstić information content (AvgIpc) is 2.27. The third kappa shape index (κ3) is 3.65. The lowest BCUT2D eigenvalue weighted by Crippen LogP contribution is -2.09. The molecule has 0 aliphatic heterocycles. The van der Waals surface area contributed by atoms with E-state index in [4.69, 9.17) is 4.74 Å². The van der Waals surface area contributed by atoms with Crippen molar-refractivity contribution < 1.29 is 13.9 Å². The Balaban J connectivity index is 2.57. The molecule has 3 heteroatoms. The zero-order chi connectivity index (χ0) is 12.0. The van der Waals surface area contributed by atoms with Crippen molar-refractivity contribution in [1.82, 2.24) is 0 Å². The van der Waals surface area contributed by atoms with Crippen LogP contribution in [0.3, 0.4) is 0 Å². The number of carbonyl (C=O) groups is 1. The predicted octanol–water partition coefficient (Wildman–Crippen LogP) is 3.45. The van der Waals surface area contributed by atoms with E-state index >= 15 is 0 Å². The molecule has 1 atom stereocenters. The number of carbonyl (C=O) groups excluding carboxylic acids is 1. The smallest absolute Gasteiger partial charge is 0.165 e. The molecule has 2 nitrogen and oxygen atoms in total. The summed E-state index contributed by atoms with van der Waals surface area (Å²) in [6, 6.07) is 4.24. The fourth-order valence-electron chi connectivity index (χ4n) is 1.52. The molecule has 0 fully saturated rings. The van der Waals surface area contributed by atoms with Crippen LogP contribution in [0.4, 0.5) is 4.39 Å². The van der Waals surface area contributed by atoms with Gasteiger partial charge in [0.2, 0.25) is 0 Å². The van der Waals surface area contributed by atoms with Gasteiger partial charge in [0.05, 0.1) is 6.61 Å². The Morgan fingerprint density at radius 2 is 2.25 bits per heavy atom. The Kier molecular flexibility index (Phi) is 4.96. The van der Waals surface area contributed by atoms with Crippen LogP contribution in [-0.4, -0.2) is 12.9 Å². The summed E-state index contributed by atoms with van der Waals surface area (Å²) in [5.41, 5.74) is 0.325. The van der Waals surface area contributed by atoms with Gasteiger partial charge in [-0.15, -0.1) is 0 Å². The summed E-state index contributed by atoms with van der Waals surface area (Å²) in [7, 11) is 0. The Labute approximate surface area is 95.4 Å². The van der Waals surface area contributed by atoms with E-state index in [9.17, 15) is 9.18 Å². The van der Waals surface area contributed by atoms with Crippen molar-refractivity contribution in [1.29, 1.82) is 0 Å². The van der Waals surface area contributed by atoms with Gasteiger partial charge in [0.15, 0.2) is 11.6 Å². The van der Waals surface area contributed by atoms with Crippen molar-refractivity contribution in [2.24, 2.45) is 5.92 Å². The topological polar surface area (TPSA) is 26.3 Å². The van der Waals surface area contributed by atoms with Crippen LogP contribution in [0.25, 0.3) is 0 Å². The second kappa shape index (κ2) is 6.26. The van der Waals surface area contributed by atoms with Crippen molar-refractivity contribution in [3.05, 3.63) is 29.6 Å². The van der Waals surface area contributed by atoms with Crippen molar-refractivity contribution in [3.63, 3.8) is 0 Å². The van der Waals surface area contributed by atoms with Crippen LogP contribution in [-0.2, 0) is 0 Å². The van der Waals surface area contributed by atoms with Crippen LogP contribution in [0, 0.1) is 11.7 Å². The minimum absolute atomic E-state index is 0.216. The molecule has 0 N–H and O–H groups in total. The molecular formula is C13H17FO2. The highest BCUT2D eigenvalue weighted by Crippen LogP contribution is 2.19. The van der Waals surface area contributed by atoms with Gasteiger partial charge in [0, 0.05) is 5.56 Å². The lowest BCUT2D eigenvalue weighted by molar-refractivity contribution is 0.112. The van der Waals surface area contributed by atoms with Crippen LogP contribution < -0.4 is 4.74 Å². The number of rotatable bonds is 6. The fraction of sp³-hybridized carbons (Fsp3) is 0.462. The molecule has 0 saturated carbocycles. The summed E-state index contributed by atoms with van der Waals surface area (Å²) in [5, 5.41) is 0. The van der Waals surface area contributed by atoms with Crippen molar-refractivity contribution in [2.45, 2.75) is 26.7 Å². The first-order chi connectivity index (χ1) is 7.67. The normalized spacial score (nSPS) is 12.2. The number of aldehydes is 1. The molecule has 1 aromatic carbocycles. The fourth-order valence-corrected chi connectivity index (χ4v) is 1.52. The van der Waals surface area contributed by atoms with E-state index in [0.29, 0.717) is 24.4 Å². The Hall–Kier alpha value is -1.38. The van der Waals surface area contributed by atoms with E-state index in [-0.39, 0.29) is 5.75 Å². The van der Waals surface area contributed by atoms with E-state index in [2.05, 4.69) is 13.8 Å². The summed E-state index contributed by atoms with van der Waals surface area (Å²) in [4.78, 5) is 10.4. The molecule has 0 heterocycles. The van der Waals surface area contributed by atoms with Gasteiger partial charge in [-0.3, -0.25) is 4.79 Å². The van der Waals surface area contributed by atoms with Crippen molar-refractivity contribution in [3.8, 4) is 5.75 Å². The molecule has 0 bridgehead atoms. The summed E-state index contributed by atoms with van der Waals surface area (Å²) >= 11 is 0. The van der Waals surface area contributed by atoms with Crippen LogP contribution in [0.1, 0.15) is 37.0 Å². The molecule has 1 aromatic rings. The molecule has 0 amide bonds. The molecule has 0 aliphatic rings. The van der Waals surface area contributed by atoms with Gasteiger partial charge in [-0.05, 0) is 30.5 Å². The number of hydrogen-bond donors (Lipinski definition) is 0. The first-order valence-corrected chi connectivity index (χ1v) is 5.55. The second-order valence-corrected chi connectivity index (χ2v) is 4.01. The molecular weight excluding hydrogens is 207 g/mol. The summed E-state index contributed by atoms with van der Waals surface area (Å²) < 4.78 is 18.7. The van der Waals surface area contributed by atoms with Gasteiger partial charge in [-0.1, -0.05) is 20.3 Å². The van der Waals surface area contributed by atoms with Crippen LogP contribution in [0.15, 0.2) is 18.2 Å². The van der Waals surface area contributed by atoms with E-state index in [1.165, 1.54) is 12.1 Å². The monoisotopic (exact) mass is 224 g/mol. The maximum absolute atomic E-state index is 13.4. The van der Waals surface area contributed by atoms with Crippen molar-refractivity contribution >= 4 is 6.29 Å². The molecule has 0 aliphatic carbocycles. The minimum atomic E-state index is -0.478. The summed E-state index contributed by atoms with van der Waals surface area (Å²) in [6.45, 7) is 4.68. The zero-order valence-electron chi connectivity index (χ0n) is 9.70. The van der Waals surface area contributed by atoms with Gasteiger partial charge in [0.1, 0.15) is 6.29 Å². The third-order valence-electron chi connectivity index (χ3n) is 2.40. The van der Waals surface area contributed by atoms with Gasteiger partial charge in [-0.25, -0.2) is 4.39 Å². The van der Waals surface area contributed by atoms with Crippen LogP contribution in [0.2, 0.25) is 0 Å². The number of halogens is 1. The number of ether oxygens (including phenoxy) is 1. The van der Waals surface area contributed by atoms with Gasteiger partial charge in [-0.2, -0.15) is 0 Å². The lowest BCUT2D eigenvalue weighted by atomic mass is 10.1. The Morgan fingerprint density at radius 3 is 2.81 bits per heavy atom. The molecule has 0 radical (unpaired) electrons. The highest BCUT2D eigenvalue weighted by Gasteiger charge is 2.07. The van der Waals surface area contributed by atoms with Crippen LogP contribution >= 0.6 is 0 Å². The van der Waals surface area contributed by atoms with Crippen molar-refractivity contribution in [2.75, 3.05) is 6.61 Å². The molecule has 0 spiro atoms. The van der Waals surface area contributed by atoms with E-state index in [0.717, 1.165) is 12.8 Å². The minimum Gasteiger partial charge on any atom is -0.490 e. The highest BCUT2D eigenvalue weighted by molar-refractivity contribution is 5.74. The standard InChI is InChI=1S/C13H17FO2/c1-3-4-10(2)9-16-13-6-5-11(8-15)7-12(13)14/h5-8,10H,3-4,9H2,1-2H3. The van der Waals surface area contributed by atoms with E-state index in [1.807, 2.05) is 0 Å². The molecule has 88 valence electrons. The third-order valence-corrected chi connectivity index (χ3v) is 2.40. The molecule has 1 rings (SSSR count). The quantitative estimate of drug-likeness (QED) is 0.692. The highest BCUT2D eigenvalue weighted by atomic mass is 19.1. The van der Waals surface area contributed by atoms with Gasteiger partial charge >= 0.3 is 0 Å². The number of benzene rings is 1. The Morgan fingerprint density at radius 1 is 1.50 bits per heavy atom. The predicted molar refractivity (Wildman–Crippen MR) is 61.4 cm³/mol. The molecule has 0 aromatic heterocycles. The zero-order valence-corrected chi connectivity index (χ0v) is 9.70. The largest absolute Gasteiger partial charge is 0.490 e. The molecule has 16 heavy (non-hydrogen) atoms. The summed E-state index contributed by atoms with van der Waals surface area (Å²) in [5.74, 6) is 0.150. The number of hydrogen-bond acceptors (Lipinski definition) is 2. The molecule has 1 unspecified atom stereocenters. The van der Waals surface area contributed by atoms with E-state index < -0.39 is 5.82 Å². The van der Waals surface area contributed by atoms with Gasteiger partial charge < -0.3 is 4.74 Å². The summed E-state index contributed by atoms with van der Waals surface area (Å²) in [6.07, 6.45) is 2.78. The SMILES string of the molecule is CCCC(C)COc1ccc(C=O)cc1F. The first kappa shape index (κ1) is 12.7. The maximum atomic E-state index is 13.4.